The Balaban J connectivity index is 1.88. The van der Waals surface area contributed by atoms with Crippen molar-refractivity contribution in [2.24, 2.45) is 5.92 Å². The van der Waals surface area contributed by atoms with E-state index < -0.39 is 0 Å². The molecule has 0 aromatic heterocycles. The Morgan fingerprint density at radius 1 is 1.33 bits per heavy atom. The lowest BCUT2D eigenvalue weighted by molar-refractivity contribution is 0.214. The van der Waals surface area contributed by atoms with Crippen LogP contribution in [0.3, 0.4) is 0 Å². The van der Waals surface area contributed by atoms with Crippen molar-refractivity contribution in [3.8, 4) is 5.75 Å². The fourth-order valence-electron chi connectivity index (χ4n) is 2.30. The van der Waals surface area contributed by atoms with Crippen molar-refractivity contribution in [1.82, 2.24) is 4.90 Å². The van der Waals surface area contributed by atoms with Crippen molar-refractivity contribution in [2.45, 2.75) is 26.3 Å². The molecule has 1 aromatic rings. The van der Waals surface area contributed by atoms with E-state index >= 15 is 0 Å². The molecule has 18 heavy (non-hydrogen) atoms. The van der Waals surface area contributed by atoms with Gasteiger partial charge in [0.2, 0.25) is 0 Å². The normalized spacial score (nSPS) is 17.7. The van der Waals surface area contributed by atoms with Gasteiger partial charge in [0.15, 0.2) is 0 Å². The molecular formula is C15H22BrNO. The second-order valence-corrected chi connectivity index (χ2v) is 5.90. The molecule has 0 saturated carbocycles. The van der Waals surface area contributed by atoms with E-state index in [0.717, 1.165) is 36.7 Å². The van der Waals surface area contributed by atoms with E-state index in [1.165, 1.54) is 24.9 Å². The van der Waals surface area contributed by atoms with Crippen molar-refractivity contribution in [3.63, 3.8) is 0 Å². The van der Waals surface area contributed by atoms with Crippen LogP contribution in [0.4, 0.5) is 0 Å². The molecule has 0 amide bonds. The summed E-state index contributed by atoms with van der Waals surface area (Å²) < 4.78 is 5.78. The van der Waals surface area contributed by atoms with Gasteiger partial charge >= 0.3 is 0 Å². The van der Waals surface area contributed by atoms with E-state index in [9.17, 15) is 0 Å². The molecule has 2 rings (SSSR count). The largest absolute Gasteiger partial charge is 0.492 e. The van der Waals surface area contributed by atoms with Gasteiger partial charge in [-0.2, -0.15) is 0 Å². The molecule has 1 unspecified atom stereocenters. The minimum absolute atomic E-state index is 0.795. The summed E-state index contributed by atoms with van der Waals surface area (Å²) >= 11 is 3.52. The van der Waals surface area contributed by atoms with Crippen LogP contribution < -0.4 is 4.74 Å². The number of nitrogens with zero attached hydrogens (tertiary/aromatic N) is 1. The van der Waals surface area contributed by atoms with Crippen LogP contribution >= 0.6 is 15.9 Å². The fraction of sp³-hybridized carbons (Fsp3) is 0.600. The van der Waals surface area contributed by atoms with Crippen LogP contribution in [-0.4, -0.2) is 29.9 Å². The Kier molecular flexibility index (Phi) is 5.51. The predicted molar refractivity (Wildman–Crippen MR) is 79.4 cm³/mol. The van der Waals surface area contributed by atoms with Gasteiger partial charge in [-0.15, -0.1) is 0 Å². The van der Waals surface area contributed by atoms with E-state index in [4.69, 9.17) is 4.74 Å². The van der Waals surface area contributed by atoms with E-state index in [-0.39, 0.29) is 0 Å². The molecule has 1 heterocycles. The van der Waals surface area contributed by atoms with Crippen LogP contribution in [0, 0.1) is 5.92 Å². The molecular weight excluding hydrogens is 290 g/mol. The lowest BCUT2D eigenvalue weighted by Gasteiger charge is -2.21. The van der Waals surface area contributed by atoms with Gasteiger partial charge in [0.1, 0.15) is 12.4 Å². The van der Waals surface area contributed by atoms with Crippen LogP contribution in [0.5, 0.6) is 5.75 Å². The summed E-state index contributed by atoms with van der Waals surface area (Å²) in [6.07, 6.45) is 2.54. The van der Waals surface area contributed by atoms with Crippen LogP contribution in [0.2, 0.25) is 0 Å². The zero-order chi connectivity index (χ0) is 12.8. The van der Waals surface area contributed by atoms with Gasteiger partial charge in [0.05, 0.1) is 0 Å². The highest BCUT2D eigenvalue weighted by atomic mass is 79.9. The summed E-state index contributed by atoms with van der Waals surface area (Å²) in [5, 5.41) is 1.11. The molecule has 0 radical (unpaired) electrons. The third-order valence-corrected chi connectivity index (χ3v) is 4.03. The summed E-state index contributed by atoms with van der Waals surface area (Å²) in [5.74, 6) is 1.86. The lowest BCUT2D eigenvalue weighted by atomic mass is 10.0. The number of hydrogen-bond donors (Lipinski definition) is 0. The van der Waals surface area contributed by atoms with E-state index in [0.29, 0.717) is 0 Å². The maximum absolute atomic E-state index is 5.78. The summed E-state index contributed by atoms with van der Waals surface area (Å²) in [7, 11) is 0. The topological polar surface area (TPSA) is 12.5 Å². The number of hydrogen-bond acceptors (Lipinski definition) is 2. The number of para-hydroxylation sites is 1. The third-order valence-electron chi connectivity index (χ3n) is 3.57. The molecule has 0 fully saturated rings. The maximum Gasteiger partial charge on any atom is 0.123 e. The van der Waals surface area contributed by atoms with Gasteiger partial charge in [-0.25, -0.2) is 0 Å². The standard InChI is InChI=1S/C15H22BrNO/c1-13(6-8-16)7-9-17-10-11-18-15-5-3-2-4-14(15)12-17/h2-5,13H,6-12H2,1H3. The number of ether oxygens (including phenoxy) is 1. The van der Waals surface area contributed by atoms with Crippen molar-refractivity contribution in [2.75, 3.05) is 25.0 Å². The Hall–Kier alpha value is -0.540. The Morgan fingerprint density at radius 2 is 2.17 bits per heavy atom. The van der Waals surface area contributed by atoms with E-state index in [2.05, 4.69) is 46.0 Å². The summed E-state index contributed by atoms with van der Waals surface area (Å²) in [6, 6.07) is 8.40. The Labute approximate surface area is 118 Å². The van der Waals surface area contributed by atoms with Crippen molar-refractivity contribution in [3.05, 3.63) is 29.8 Å². The molecule has 0 N–H and O–H groups in total. The van der Waals surface area contributed by atoms with Gasteiger partial charge in [-0.1, -0.05) is 41.1 Å². The van der Waals surface area contributed by atoms with Gasteiger partial charge in [0, 0.05) is 24.0 Å². The Bertz CT molecular complexity index is 369. The first-order valence-corrected chi connectivity index (χ1v) is 7.90. The van der Waals surface area contributed by atoms with Crippen molar-refractivity contribution < 1.29 is 4.74 Å². The van der Waals surface area contributed by atoms with Gasteiger partial charge in [-0.05, 0) is 31.4 Å². The highest BCUT2D eigenvalue weighted by molar-refractivity contribution is 9.09. The van der Waals surface area contributed by atoms with Crippen LogP contribution in [-0.2, 0) is 6.54 Å². The second kappa shape index (κ2) is 7.15. The molecule has 3 heteroatoms. The quantitative estimate of drug-likeness (QED) is 0.769. The summed E-state index contributed by atoms with van der Waals surface area (Å²) in [6.45, 7) is 6.38. The Morgan fingerprint density at radius 3 is 3.00 bits per heavy atom. The van der Waals surface area contributed by atoms with E-state index in [1.54, 1.807) is 0 Å². The van der Waals surface area contributed by atoms with E-state index in [1.807, 2.05) is 6.07 Å². The molecule has 1 atom stereocenters. The number of fused-ring (bicyclic) bond motifs is 1. The first kappa shape index (κ1) is 13.9. The van der Waals surface area contributed by atoms with Gasteiger partial charge in [0.25, 0.3) is 0 Å². The van der Waals surface area contributed by atoms with Crippen LogP contribution in [0.1, 0.15) is 25.3 Å². The number of benzene rings is 1. The lowest BCUT2D eigenvalue weighted by Crippen LogP contribution is -2.27. The van der Waals surface area contributed by atoms with Gasteiger partial charge < -0.3 is 4.74 Å². The third kappa shape index (κ3) is 3.99. The average molecular weight is 312 g/mol. The number of halogens is 1. The monoisotopic (exact) mass is 311 g/mol. The molecule has 0 aliphatic carbocycles. The number of alkyl halides is 1. The minimum atomic E-state index is 0.795. The molecule has 1 aliphatic rings. The van der Waals surface area contributed by atoms with Crippen molar-refractivity contribution in [1.29, 1.82) is 0 Å². The van der Waals surface area contributed by atoms with Crippen molar-refractivity contribution >= 4 is 15.9 Å². The number of rotatable bonds is 5. The van der Waals surface area contributed by atoms with Gasteiger partial charge in [-0.3, -0.25) is 4.90 Å². The zero-order valence-corrected chi connectivity index (χ0v) is 12.7. The maximum atomic E-state index is 5.78. The molecule has 0 saturated heterocycles. The van der Waals surface area contributed by atoms with Crippen LogP contribution in [0.15, 0.2) is 24.3 Å². The molecule has 1 aliphatic heterocycles. The zero-order valence-electron chi connectivity index (χ0n) is 11.1. The highest BCUT2D eigenvalue weighted by Crippen LogP contribution is 2.23. The molecule has 0 spiro atoms. The smallest absolute Gasteiger partial charge is 0.123 e. The first-order chi connectivity index (χ1) is 8.79. The summed E-state index contributed by atoms with van der Waals surface area (Å²) in [4.78, 5) is 2.51. The molecule has 1 aromatic carbocycles. The average Bonchev–Trinajstić information content (AvgIpc) is 2.58. The SMILES string of the molecule is CC(CCBr)CCN1CCOc2ccccc2C1. The van der Waals surface area contributed by atoms with Crippen LogP contribution in [0.25, 0.3) is 0 Å². The highest BCUT2D eigenvalue weighted by Gasteiger charge is 2.15. The molecule has 0 bridgehead atoms. The summed E-state index contributed by atoms with van der Waals surface area (Å²) in [5.41, 5.74) is 1.32. The molecule has 100 valence electrons. The first-order valence-electron chi connectivity index (χ1n) is 6.78. The minimum Gasteiger partial charge on any atom is -0.492 e. The fourth-order valence-corrected chi connectivity index (χ4v) is 3.09. The predicted octanol–water partition coefficient (Wildman–Crippen LogP) is 3.69. The molecule has 2 nitrogen and oxygen atoms in total. The second-order valence-electron chi connectivity index (χ2n) is 5.10.